The molecule has 0 heterocycles. The van der Waals surface area contributed by atoms with Gasteiger partial charge in [-0.15, -0.1) is 0 Å². The van der Waals surface area contributed by atoms with Crippen LogP contribution in [0.25, 0.3) is 0 Å². The van der Waals surface area contributed by atoms with Crippen LogP contribution in [0.2, 0.25) is 0 Å². The van der Waals surface area contributed by atoms with Crippen molar-refractivity contribution < 1.29 is 5.11 Å². The van der Waals surface area contributed by atoms with E-state index in [1.165, 1.54) is 0 Å². The molecule has 0 aliphatic rings. The first kappa shape index (κ1) is 13.0. The maximum Gasteiger partial charge on any atom is 0.0621 e. The molecule has 0 spiro atoms. The Labute approximate surface area is 83.5 Å². The summed E-state index contributed by atoms with van der Waals surface area (Å²) in [5, 5.41) is 10.2. The van der Waals surface area contributed by atoms with Crippen LogP contribution in [0, 0.1) is 16.7 Å². The molecule has 0 aliphatic heterocycles. The highest BCUT2D eigenvalue weighted by Crippen LogP contribution is 2.43. The van der Waals surface area contributed by atoms with Crippen molar-refractivity contribution in [2.24, 2.45) is 16.7 Å². The molecule has 2 unspecified atom stereocenters. The van der Waals surface area contributed by atoms with Crippen molar-refractivity contribution in [1.29, 1.82) is 0 Å². The van der Waals surface area contributed by atoms with Gasteiger partial charge in [0.25, 0.3) is 0 Å². The second-order valence-corrected chi connectivity index (χ2v) is 5.80. The second-order valence-electron chi connectivity index (χ2n) is 5.80. The minimum Gasteiger partial charge on any atom is -0.392 e. The summed E-state index contributed by atoms with van der Waals surface area (Å²) in [4.78, 5) is 0. The van der Waals surface area contributed by atoms with Crippen molar-refractivity contribution >= 4 is 0 Å². The van der Waals surface area contributed by atoms with Crippen molar-refractivity contribution in [3.63, 3.8) is 0 Å². The lowest BCUT2D eigenvalue weighted by molar-refractivity contribution is -0.0577. The van der Waals surface area contributed by atoms with Crippen LogP contribution in [0.1, 0.15) is 54.9 Å². The Morgan fingerprint density at radius 2 is 1.46 bits per heavy atom. The summed E-state index contributed by atoms with van der Waals surface area (Å²) in [5.74, 6) is 0.384. The molecular weight excluding hydrogens is 160 g/mol. The molecule has 0 aliphatic carbocycles. The highest BCUT2D eigenvalue weighted by Gasteiger charge is 2.40. The fraction of sp³-hybridized carbons (Fsp3) is 1.00. The summed E-state index contributed by atoms with van der Waals surface area (Å²) >= 11 is 0. The predicted octanol–water partition coefficient (Wildman–Crippen LogP) is 3.47. The first-order chi connectivity index (χ1) is 5.64. The van der Waals surface area contributed by atoms with Gasteiger partial charge < -0.3 is 5.11 Å². The maximum absolute atomic E-state index is 10.2. The predicted molar refractivity (Wildman–Crippen MR) is 58.7 cm³/mol. The standard InChI is InChI=1S/C12H26O/c1-8-9(2)10(13)12(6,7)11(3,4)5/h9-10,13H,8H2,1-7H3. The minimum absolute atomic E-state index is 0.0254. The monoisotopic (exact) mass is 186 g/mol. The van der Waals surface area contributed by atoms with Crippen LogP contribution >= 0.6 is 0 Å². The van der Waals surface area contributed by atoms with E-state index in [0.717, 1.165) is 6.42 Å². The van der Waals surface area contributed by atoms with E-state index in [9.17, 15) is 5.11 Å². The van der Waals surface area contributed by atoms with Crippen LogP contribution in [-0.4, -0.2) is 11.2 Å². The third kappa shape index (κ3) is 2.70. The molecule has 0 bridgehead atoms. The fourth-order valence-electron chi connectivity index (χ4n) is 1.38. The second kappa shape index (κ2) is 4.00. The Balaban J connectivity index is 4.63. The summed E-state index contributed by atoms with van der Waals surface area (Å²) in [6.07, 6.45) is 0.832. The molecule has 1 nitrogen and oxygen atoms in total. The molecule has 0 saturated carbocycles. The summed E-state index contributed by atoms with van der Waals surface area (Å²) in [7, 11) is 0. The van der Waals surface area contributed by atoms with Crippen molar-refractivity contribution in [1.82, 2.24) is 0 Å². The normalized spacial score (nSPS) is 18.5. The van der Waals surface area contributed by atoms with Gasteiger partial charge in [-0.1, -0.05) is 54.9 Å². The molecule has 13 heavy (non-hydrogen) atoms. The molecule has 1 heteroatoms. The average molecular weight is 186 g/mol. The van der Waals surface area contributed by atoms with Gasteiger partial charge in [-0.05, 0) is 16.7 Å². The zero-order chi connectivity index (χ0) is 10.9. The first-order valence-corrected chi connectivity index (χ1v) is 5.32. The van der Waals surface area contributed by atoms with Crippen LogP contribution in [0.5, 0.6) is 0 Å². The molecule has 0 aromatic rings. The Hall–Kier alpha value is -0.0400. The molecular formula is C12H26O. The van der Waals surface area contributed by atoms with Gasteiger partial charge in [-0.25, -0.2) is 0 Å². The van der Waals surface area contributed by atoms with Crippen LogP contribution in [0.15, 0.2) is 0 Å². The fourth-order valence-corrected chi connectivity index (χ4v) is 1.38. The summed E-state index contributed by atoms with van der Waals surface area (Å²) in [6, 6.07) is 0. The zero-order valence-electron chi connectivity index (χ0n) is 10.3. The molecule has 0 amide bonds. The van der Waals surface area contributed by atoms with Gasteiger partial charge in [-0.2, -0.15) is 0 Å². The average Bonchev–Trinajstić information content (AvgIpc) is 1.99. The van der Waals surface area contributed by atoms with Crippen molar-refractivity contribution in [2.45, 2.75) is 61.0 Å². The quantitative estimate of drug-likeness (QED) is 0.715. The lowest BCUT2D eigenvalue weighted by atomic mass is 9.63. The van der Waals surface area contributed by atoms with Crippen LogP contribution in [-0.2, 0) is 0 Å². The first-order valence-electron chi connectivity index (χ1n) is 5.32. The van der Waals surface area contributed by atoms with E-state index in [4.69, 9.17) is 0 Å². The van der Waals surface area contributed by atoms with E-state index in [1.54, 1.807) is 0 Å². The van der Waals surface area contributed by atoms with Gasteiger partial charge in [0.15, 0.2) is 0 Å². The van der Waals surface area contributed by atoms with E-state index in [2.05, 4.69) is 48.5 Å². The van der Waals surface area contributed by atoms with Crippen molar-refractivity contribution in [3.05, 3.63) is 0 Å². The highest BCUT2D eigenvalue weighted by atomic mass is 16.3. The van der Waals surface area contributed by atoms with E-state index in [-0.39, 0.29) is 16.9 Å². The minimum atomic E-state index is -0.211. The molecule has 1 N–H and O–H groups in total. The number of aliphatic hydroxyl groups is 1. The van der Waals surface area contributed by atoms with E-state index < -0.39 is 0 Å². The lowest BCUT2D eigenvalue weighted by Crippen LogP contribution is -2.44. The number of aliphatic hydroxyl groups excluding tert-OH is 1. The molecule has 0 rings (SSSR count). The molecule has 0 fully saturated rings. The lowest BCUT2D eigenvalue weighted by Gasteiger charge is -2.44. The smallest absolute Gasteiger partial charge is 0.0621 e. The van der Waals surface area contributed by atoms with Gasteiger partial charge in [0, 0.05) is 0 Å². The third-order valence-corrected chi connectivity index (χ3v) is 3.86. The van der Waals surface area contributed by atoms with Crippen LogP contribution in [0.3, 0.4) is 0 Å². The van der Waals surface area contributed by atoms with Gasteiger partial charge in [0.05, 0.1) is 6.10 Å². The van der Waals surface area contributed by atoms with Crippen LogP contribution in [0.4, 0.5) is 0 Å². The van der Waals surface area contributed by atoms with Gasteiger partial charge in [0.1, 0.15) is 0 Å². The van der Waals surface area contributed by atoms with Gasteiger partial charge in [0.2, 0.25) is 0 Å². The molecule has 0 saturated heterocycles. The Morgan fingerprint density at radius 1 is 1.08 bits per heavy atom. The topological polar surface area (TPSA) is 20.2 Å². The summed E-state index contributed by atoms with van der Waals surface area (Å²) < 4.78 is 0. The third-order valence-electron chi connectivity index (χ3n) is 3.86. The molecule has 2 atom stereocenters. The van der Waals surface area contributed by atoms with Gasteiger partial charge >= 0.3 is 0 Å². The number of rotatable bonds is 3. The molecule has 80 valence electrons. The van der Waals surface area contributed by atoms with E-state index in [0.29, 0.717) is 5.92 Å². The highest BCUT2D eigenvalue weighted by molar-refractivity contribution is 4.90. The summed E-state index contributed by atoms with van der Waals surface area (Å²) in [6.45, 7) is 15.1. The van der Waals surface area contributed by atoms with Gasteiger partial charge in [-0.3, -0.25) is 0 Å². The molecule has 0 aromatic heterocycles. The zero-order valence-corrected chi connectivity index (χ0v) is 10.3. The number of hydrogen-bond donors (Lipinski definition) is 1. The SMILES string of the molecule is CCC(C)C(O)C(C)(C)C(C)(C)C. The molecule has 0 radical (unpaired) electrons. The van der Waals surface area contributed by atoms with Crippen LogP contribution < -0.4 is 0 Å². The van der Waals surface area contributed by atoms with E-state index >= 15 is 0 Å². The van der Waals surface area contributed by atoms with E-state index in [1.807, 2.05) is 0 Å². The van der Waals surface area contributed by atoms with Crippen molar-refractivity contribution in [2.75, 3.05) is 0 Å². The Bertz CT molecular complexity index is 153. The van der Waals surface area contributed by atoms with Crippen molar-refractivity contribution in [3.8, 4) is 0 Å². The number of hydrogen-bond acceptors (Lipinski definition) is 1. The Morgan fingerprint density at radius 3 is 1.69 bits per heavy atom. The Kier molecular flexibility index (Phi) is 3.98. The molecule has 0 aromatic carbocycles. The largest absolute Gasteiger partial charge is 0.392 e. The maximum atomic E-state index is 10.2. The summed E-state index contributed by atoms with van der Waals surface area (Å²) in [5.41, 5.74) is 0.123.